The van der Waals surface area contributed by atoms with Gasteiger partial charge < -0.3 is 4.74 Å². The zero-order valence-electron chi connectivity index (χ0n) is 12.2. The lowest BCUT2D eigenvalue weighted by Crippen LogP contribution is -1.95. The molecule has 0 N–H and O–H groups in total. The molecule has 0 amide bonds. The van der Waals surface area contributed by atoms with Gasteiger partial charge in [-0.1, -0.05) is 41.9 Å². The van der Waals surface area contributed by atoms with Crippen LogP contribution in [0.3, 0.4) is 0 Å². The van der Waals surface area contributed by atoms with Gasteiger partial charge in [-0.3, -0.25) is 0 Å². The molecule has 0 radical (unpaired) electrons. The van der Waals surface area contributed by atoms with Gasteiger partial charge >= 0.3 is 0 Å². The van der Waals surface area contributed by atoms with Crippen LogP contribution in [0.1, 0.15) is 11.3 Å². The number of aromatic nitrogens is 2. The third-order valence-corrected chi connectivity index (χ3v) is 3.38. The summed E-state index contributed by atoms with van der Waals surface area (Å²) >= 11 is 5.97. The Morgan fingerprint density at radius 3 is 2.36 bits per heavy atom. The molecule has 3 nitrogen and oxygen atoms in total. The van der Waals surface area contributed by atoms with E-state index in [4.69, 9.17) is 16.3 Å². The van der Waals surface area contributed by atoms with Crippen molar-refractivity contribution in [3.63, 3.8) is 0 Å². The van der Waals surface area contributed by atoms with Gasteiger partial charge in [0.05, 0.1) is 0 Å². The van der Waals surface area contributed by atoms with E-state index in [0.717, 1.165) is 22.6 Å². The first kappa shape index (κ1) is 14.5. The lowest BCUT2D eigenvalue weighted by molar-refractivity contribution is 0.306. The van der Waals surface area contributed by atoms with E-state index in [1.807, 2.05) is 61.5 Å². The van der Waals surface area contributed by atoms with Gasteiger partial charge in [0.2, 0.25) is 0 Å². The van der Waals surface area contributed by atoms with Crippen molar-refractivity contribution in [2.75, 3.05) is 0 Å². The van der Waals surface area contributed by atoms with Crippen molar-refractivity contribution in [3.8, 4) is 17.1 Å². The second-order valence-corrected chi connectivity index (χ2v) is 5.34. The maximum atomic E-state index is 5.97. The zero-order valence-corrected chi connectivity index (χ0v) is 12.9. The van der Waals surface area contributed by atoms with Gasteiger partial charge in [-0.15, -0.1) is 0 Å². The Bertz CT molecular complexity index is 738. The predicted molar refractivity (Wildman–Crippen MR) is 88.0 cm³/mol. The summed E-state index contributed by atoms with van der Waals surface area (Å²) < 4.78 is 5.76. The van der Waals surface area contributed by atoms with Crippen molar-refractivity contribution in [1.82, 2.24) is 9.97 Å². The molecule has 110 valence electrons. The highest BCUT2D eigenvalue weighted by molar-refractivity contribution is 6.29. The van der Waals surface area contributed by atoms with E-state index in [-0.39, 0.29) is 0 Å². The van der Waals surface area contributed by atoms with Crippen LogP contribution in [-0.4, -0.2) is 9.97 Å². The molecule has 0 spiro atoms. The van der Waals surface area contributed by atoms with Gasteiger partial charge in [-0.2, -0.15) is 0 Å². The third-order valence-electron chi connectivity index (χ3n) is 3.18. The summed E-state index contributed by atoms with van der Waals surface area (Å²) in [7, 11) is 0. The number of aryl methyl sites for hydroxylation is 1. The van der Waals surface area contributed by atoms with Crippen LogP contribution in [0, 0.1) is 6.92 Å². The molecule has 1 aromatic heterocycles. The van der Waals surface area contributed by atoms with Gasteiger partial charge in [-0.25, -0.2) is 9.97 Å². The van der Waals surface area contributed by atoms with E-state index in [1.165, 1.54) is 0 Å². The molecular formula is C18H15ClN2O. The Morgan fingerprint density at radius 1 is 0.955 bits per heavy atom. The number of nitrogens with zero attached hydrogens (tertiary/aromatic N) is 2. The van der Waals surface area contributed by atoms with Crippen LogP contribution in [0.25, 0.3) is 11.4 Å². The maximum absolute atomic E-state index is 5.97. The molecule has 0 fully saturated rings. The van der Waals surface area contributed by atoms with Crippen LogP contribution < -0.4 is 4.74 Å². The average Bonchev–Trinajstić information content (AvgIpc) is 2.53. The number of hydrogen-bond donors (Lipinski definition) is 0. The lowest BCUT2D eigenvalue weighted by atomic mass is 10.2. The van der Waals surface area contributed by atoms with Crippen molar-refractivity contribution in [2.45, 2.75) is 13.5 Å². The molecule has 1 heterocycles. The molecule has 4 heteroatoms. The SMILES string of the molecule is Cc1cc(Cl)nc(-c2ccc(OCc3ccccc3)cc2)n1. The highest BCUT2D eigenvalue weighted by Crippen LogP contribution is 2.21. The summed E-state index contributed by atoms with van der Waals surface area (Å²) in [6, 6.07) is 19.5. The van der Waals surface area contributed by atoms with Crippen molar-refractivity contribution >= 4 is 11.6 Å². The predicted octanol–water partition coefficient (Wildman–Crippen LogP) is 4.68. The highest BCUT2D eigenvalue weighted by atomic mass is 35.5. The molecule has 0 unspecified atom stereocenters. The zero-order chi connectivity index (χ0) is 15.4. The summed E-state index contributed by atoms with van der Waals surface area (Å²) in [4.78, 5) is 8.63. The number of ether oxygens (including phenoxy) is 1. The van der Waals surface area contributed by atoms with Crippen LogP contribution in [0.4, 0.5) is 0 Å². The van der Waals surface area contributed by atoms with Gasteiger partial charge in [-0.05, 0) is 42.8 Å². The largest absolute Gasteiger partial charge is 0.489 e. The standard InChI is InChI=1S/C18H15ClN2O/c1-13-11-17(19)21-18(20-13)15-7-9-16(10-8-15)22-12-14-5-3-2-4-6-14/h2-11H,12H2,1H3. The minimum Gasteiger partial charge on any atom is -0.489 e. The molecule has 0 saturated carbocycles. The van der Waals surface area contributed by atoms with E-state index in [1.54, 1.807) is 6.07 Å². The fourth-order valence-corrected chi connectivity index (χ4v) is 2.34. The topological polar surface area (TPSA) is 35.0 Å². The van der Waals surface area contributed by atoms with Crippen molar-refractivity contribution < 1.29 is 4.74 Å². The monoisotopic (exact) mass is 310 g/mol. The Hall–Kier alpha value is -2.39. The molecule has 0 aliphatic rings. The normalized spacial score (nSPS) is 10.5. The third kappa shape index (κ3) is 3.62. The molecule has 22 heavy (non-hydrogen) atoms. The van der Waals surface area contributed by atoms with E-state index < -0.39 is 0 Å². The first-order chi connectivity index (χ1) is 10.7. The van der Waals surface area contributed by atoms with E-state index in [2.05, 4.69) is 9.97 Å². The minimum absolute atomic E-state index is 0.451. The Balaban J connectivity index is 1.72. The Labute approximate surface area is 134 Å². The van der Waals surface area contributed by atoms with Gasteiger partial charge in [0.15, 0.2) is 5.82 Å². The summed E-state index contributed by atoms with van der Waals surface area (Å²) in [5.41, 5.74) is 2.90. The molecule has 0 aliphatic carbocycles. The first-order valence-corrected chi connectivity index (χ1v) is 7.37. The number of rotatable bonds is 4. The lowest BCUT2D eigenvalue weighted by Gasteiger charge is -2.07. The van der Waals surface area contributed by atoms with E-state index in [9.17, 15) is 0 Å². The fraction of sp³-hybridized carbons (Fsp3) is 0.111. The first-order valence-electron chi connectivity index (χ1n) is 6.99. The number of benzene rings is 2. The second kappa shape index (κ2) is 6.58. The maximum Gasteiger partial charge on any atom is 0.161 e. The van der Waals surface area contributed by atoms with Crippen LogP contribution in [0.5, 0.6) is 5.75 Å². The summed E-state index contributed by atoms with van der Waals surface area (Å²) in [6.07, 6.45) is 0. The van der Waals surface area contributed by atoms with Gasteiger partial charge in [0.25, 0.3) is 0 Å². The van der Waals surface area contributed by atoms with Crippen LogP contribution in [0.2, 0.25) is 5.15 Å². The quantitative estimate of drug-likeness (QED) is 0.656. The molecule has 2 aromatic carbocycles. The molecule has 0 aliphatic heterocycles. The van der Waals surface area contributed by atoms with Crippen molar-refractivity contribution in [2.24, 2.45) is 0 Å². The Morgan fingerprint density at radius 2 is 1.68 bits per heavy atom. The second-order valence-electron chi connectivity index (χ2n) is 4.95. The van der Waals surface area contributed by atoms with E-state index in [0.29, 0.717) is 17.6 Å². The molecule has 3 aromatic rings. The highest BCUT2D eigenvalue weighted by Gasteiger charge is 2.04. The summed E-state index contributed by atoms with van der Waals surface area (Å²) in [5, 5.41) is 0.451. The van der Waals surface area contributed by atoms with Crippen molar-refractivity contribution in [3.05, 3.63) is 77.1 Å². The molecule has 0 saturated heterocycles. The van der Waals surface area contributed by atoms with Crippen LogP contribution in [0.15, 0.2) is 60.7 Å². The smallest absolute Gasteiger partial charge is 0.161 e. The molecule has 3 rings (SSSR count). The molecular weight excluding hydrogens is 296 g/mol. The summed E-state index contributed by atoms with van der Waals surface area (Å²) in [5.74, 6) is 1.44. The van der Waals surface area contributed by atoms with Crippen LogP contribution >= 0.6 is 11.6 Å². The molecule has 0 atom stereocenters. The summed E-state index contributed by atoms with van der Waals surface area (Å²) in [6.45, 7) is 2.45. The molecule has 0 bridgehead atoms. The van der Waals surface area contributed by atoms with Gasteiger partial charge in [0, 0.05) is 11.3 Å². The van der Waals surface area contributed by atoms with Gasteiger partial charge in [0.1, 0.15) is 17.5 Å². The minimum atomic E-state index is 0.451. The number of hydrogen-bond acceptors (Lipinski definition) is 3. The average molecular weight is 311 g/mol. The Kier molecular flexibility index (Phi) is 4.35. The number of halogens is 1. The fourth-order valence-electron chi connectivity index (χ4n) is 2.10. The van der Waals surface area contributed by atoms with E-state index >= 15 is 0 Å². The van der Waals surface area contributed by atoms with Crippen molar-refractivity contribution in [1.29, 1.82) is 0 Å². The van der Waals surface area contributed by atoms with Crippen LogP contribution in [-0.2, 0) is 6.61 Å².